The number of ether oxygens (including phenoxy) is 1. The van der Waals surface area contributed by atoms with E-state index in [9.17, 15) is 14.7 Å². The van der Waals surface area contributed by atoms with Crippen LogP contribution in [0.3, 0.4) is 0 Å². The van der Waals surface area contributed by atoms with Crippen molar-refractivity contribution >= 4 is 28.3 Å². The van der Waals surface area contributed by atoms with Crippen molar-refractivity contribution in [1.82, 2.24) is 19.8 Å². The number of carbonyl (C=O) groups is 2. The van der Waals surface area contributed by atoms with Crippen LogP contribution < -0.4 is 10.1 Å². The van der Waals surface area contributed by atoms with Crippen LogP contribution in [0.2, 0.25) is 0 Å². The van der Waals surface area contributed by atoms with Crippen molar-refractivity contribution in [3.05, 3.63) is 59.1 Å². The van der Waals surface area contributed by atoms with Crippen LogP contribution in [-0.2, 0) is 0 Å². The van der Waals surface area contributed by atoms with Gasteiger partial charge in [0.15, 0.2) is 5.75 Å². The summed E-state index contributed by atoms with van der Waals surface area (Å²) in [5.74, 6) is 2.07. The van der Waals surface area contributed by atoms with Crippen LogP contribution in [0.15, 0.2) is 41.1 Å². The number of aromatic nitrogens is 2. The molecule has 1 saturated carbocycles. The number of amides is 2. The maximum absolute atomic E-state index is 13.2. The molecule has 1 saturated heterocycles. The van der Waals surface area contributed by atoms with Crippen LogP contribution in [-0.4, -0.2) is 56.2 Å². The predicted molar refractivity (Wildman–Crippen MR) is 142 cm³/mol. The molecule has 2 amide bonds. The maximum atomic E-state index is 13.2. The molecule has 0 radical (unpaired) electrons. The molecule has 1 aliphatic heterocycles. The molecular formula is C29H32N4O5. The van der Waals surface area contributed by atoms with E-state index >= 15 is 0 Å². The highest BCUT2D eigenvalue weighted by atomic mass is 16.5. The number of fused-ring (bicyclic) bond motifs is 2. The summed E-state index contributed by atoms with van der Waals surface area (Å²) in [6.45, 7) is 8.42. The molecule has 2 fully saturated rings. The zero-order chi connectivity index (χ0) is 26.8. The van der Waals surface area contributed by atoms with Crippen molar-refractivity contribution in [1.29, 1.82) is 0 Å². The third-order valence-corrected chi connectivity index (χ3v) is 7.86. The molecule has 1 atom stereocenters. The molecule has 0 bridgehead atoms. The Balaban J connectivity index is 1.28. The van der Waals surface area contributed by atoms with Crippen molar-refractivity contribution in [2.45, 2.75) is 58.6 Å². The van der Waals surface area contributed by atoms with Gasteiger partial charge in [-0.05, 0) is 63.6 Å². The molecule has 0 unspecified atom stereocenters. The summed E-state index contributed by atoms with van der Waals surface area (Å²) in [5, 5.41) is 18.5. The fourth-order valence-corrected chi connectivity index (χ4v) is 5.76. The Morgan fingerprint density at radius 2 is 2.03 bits per heavy atom. The first-order valence-electron chi connectivity index (χ1n) is 13.1. The molecule has 198 valence electrons. The van der Waals surface area contributed by atoms with Crippen LogP contribution >= 0.6 is 0 Å². The van der Waals surface area contributed by atoms with E-state index < -0.39 is 5.60 Å². The number of nitrogens with one attached hydrogen (secondary N) is 1. The van der Waals surface area contributed by atoms with Gasteiger partial charge in [-0.2, -0.15) is 5.10 Å². The minimum absolute atomic E-state index is 0.108. The normalized spacial score (nSPS) is 23.1. The Morgan fingerprint density at radius 3 is 2.74 bits per heavy atom. The third-order valence-electron chi connectivity index (χ3n) is 7.86. The molecule has 4 heterocycles. The van der Waals surface area contributed by atoms with Gasteiger partial charge < -0.3 is 24.5 Å². The van der Waals surface area contributed by atoms with Gasteiger partial charge in [-0.15, -0.1) is 0 Å². The molecular weight excluding hydrogens is 484 g/mol. The molecule has 6 rings (SSSR count). The Kier molecular flexibility index (Phi) is 5.72. The molecule has 2 aliphatic rings. The fourth-order valence-electron chi connectivity index (χ4n) is 5.76. The first kappa shape index (κ1) is 24.5. The maximum Gasteiger partial charge on any atom is 0.255 e. The summed E-state index contributed by atoms with van der Waals surface area (Å²) in [6, 6.07) is 7.41. The van der Waals surface area contributed by atoms with Crippen molar-refractivity contribution in [3.8, 4) is 11.5 Å². The number of likely N-dealkylation sites (tertiary alicyclic amines) is 1. The second-order valence-corrected chi connectivity index (χ2v) is 11.2. The van der Waals surface area contributed by atoms with Crippen LogP contribution in [0.1, 0.15) is 65.1 Å². The second kappa shape index (κ2) is 8.87. The molecule has 3 aromatic heterocycles. The largest absolute Gasteiger partial charge is 0.460 e. The highest BCUT2D eigenvalue weighted by Crippen LogP contribution is 2.35. The smallest absolute Gasteiger partial charge is 0.255 e. The van der Waals surface area contributed by atoms with Crippen LogP contribution in [0, 0.1) is 19.8 Å². The van der Waals surface area contributed by atoms with Gasteiger partial charge >= 0.3 is 0 Å². The van der Waals surface area contributed by atoms with Gasteiger partial charge in [-0.25, -0.2) is 4.52 Å². The van der Waals surface area contributed by atoms with E-state index in [1.54, 1.807) is 47.8 Å². The van der Waals surface area contributed by atoms with E-state index in [1.807, 2.05) is 19.1 Å². The Bertz CT molecular complexity index is 1580. The highest BCUT2D eigenvalue weighted by molar-refractivity contribution is 6.07. The quantitative estimate of drug-likeness (QED) is 0.401. The Morgan fingerprint density at radius 1 is 1.24 bits per heavy atom. The summed E-state index contributed by atoms with van der Waals surface area (Å²) in [6.07, 6.45) is 5.89. The second-order valence-electron chi connectivity index (χ2n) is 11.2. The third kappa shape index (κ3) is 4.20. The van der Waals surface area contributed by atoms with E-state index in [2.05, 4.69) is 17.3 Å². The standard InChI is InChI=1S/C29H32N4O5/c1-16-11-19(12-16)31-27(34)25-18(3)37-24-13-20(5-6-21(24)25)38-23-7-9-30-33-14-22(17(2)26(23)33)28(35)32-10-8-29(4,36)15-32/h5-7,9,13-14,16,19,36H,8,10-12,15H2,1-4H3,(H,31,34)/t16?,19?,29-/m1/s1. The number of hydrogen-bond acceptors (Lipinski definition) is 6. The Labute approximate surface area is 220 Å². The van der Waals surface area contributed by atoms with Crippen LogP contribution in [0.4, 0.5) is 0 Å². The number of aryl methyl sites for hydroxylation is 2. The molecule has 38 heavy (non-hydrogen) atoms. The lowest BCUT2D eigenvalue weighted by Gasteiger charge is -2.33. The van der Waals surface area contributed by atoms with Crippen LogP contribution in [0.5, 0.6) is 11.5 Å². The minimum Gasteiger partial charge on any atom is -0.460 e. The number of hydrogen-bond donors (Lipinski definition) is 2. The number of β-amino-alcohol motifs (C(OH)–C–C–N with tert-alkyl or cyclic N) is 1. The van der Waals surface area contributed by atoms with E-state index in [-0.39, 0.29) is 17.9 Å². The van der Waals surface area contributed by atoms with Crippen molar-refractivity contribution < 1.29 is 23.8 Å². The molecule has 9 heteroatoms. The summed E-state index contributed by atoms with van der Waals surface area (Å²) in [5.41, 5.74) is 2.23. The monoisotopic (exact) mass is 516 g/mol. The molecule has 0 spiro atoms. The average Bonchev–Trinajstić information content (AvgIpc) is 3.49. The van der Waals surface area contributed by atoms with Gasteiger partial charge in [0.2, 0.25) is 0 Å². The van der Waals surface area contributed by atoms with Gasteiger partial charge in [0.1, 0.15) is 22.6 Å². The van der Waals surface area contributed by atoms with Gasteiger partial charge in [0.25, 0.3) is 11.8 Å². The number of rotatable bonds is 5. The lowest BCUT2D eigenvalue weighted by molar-refractivity contribution is 0.0572. The van der Waals surface area contributed by atoms with Gasteiger partial charge in [0.05, 0.1) is 22.9 Å². The molecule has 9 nitrogen and oxygen atoms in total. The zero-order valence-corrected chi connectivity index (χ0v) is 22.1. The summed E-state index contributed by atoms with van der Waals surface area (Å²) >= 11 is 0. The number of aliphatic hydroxyl groups is 1. The summed E-state index contributed by atoms with van der Waals surface area (Å²) in [7, 11) is 0. The van der Waals surface area contributed by atoms with E-state index in [1.165, 1.54) is 0 Å². The summed E-state index contributed by atoms with van der Waals surface area (Å²) in [4.78, 5) is 27.8. The van der Waals surface area contributed by atoms with Gasteiger partial charge in [-0.3, -0.25) is 9.59 Å². The number of nitrogens with zero attached hydrogens (tertiary/aromatic N) is 3. The topological polar surface area (TPSA) is 109 Å². The first-order chi connectivity index (χ1) is 18.1. The van der Waals surface area contributed by atoms with E-state index in [0.717, 1.165) is 23.8 Å². The van der Waals surface area contributed by atoms with Crippen LogP contribution in [0.25, 0.3) is 16.5 Å². The predicted octanol–water partition coefficient (Wildman–Crippen LogP) is 4.61. The number of benzene rings is 1. The van der Waals surface area contributed by atoms with Crippen molar-refractivity contribution in [3.63, 3.8) is 0 Å². The van der Waals surface area contributed by atoms with E-state index in [4.69, 9.17) is 9.15 Å². The number of carbonyl (C=O) groups excluding carboxylic acids is 2. The zero-order valence-electron chi connectivity index (χ0n) is 22.1. The van der Waals surface area contributed by atoms with Crippen molar-refractivity contribution in [2.24, 2.45) is 5.92 Å². The summed E-state index contributed by atoms with van der Waals surface area (Å²) < 4.78 is 13.8. The lowest BCUT2D eigenvalue weighted by Crippen LogP contribution is -2.43. The SMILES string of the molecule is Cc1oc2cc(Oc3ccnn4cc(C(=O)N5CC[C@@](C)(O)C5)c(C)c34)ccc2c1C(=O)NC1CC(C)C1. The van der Waals surface area contributed by atoms with Gasteiger partial charge in [-0.1, -0.05) is 6.92 Å². The lowest BCUT2D eigenvalue weighted by atomic mass is 9.82. The molecule has 1 aliphatic carbocycles. The fraction of sp³-hybridized carbons (Fsp3) is 0.414. The number of furan rings is 1. The Hall–Kier alpha value is -3.85. The van der Waals surface area contributed by atoms with Crippen molar-refractivity contribution in [2.75, 3.05) is 13.1 Å². The molecule has 1 aromatic carbocycles. The highest BCUT2D eigenvalue weighted by Gasteiger charge is 2.35. The van der Waals surface area contributed by atoms with Gasteiger partial charge in [0, 0.05) is 42.8 Å². The first-order valence-corrected chi connectivity index (χ1v) is 13.1. The molecule has 4 aromatic rings. The van der Waals surface area contributed by atoms with E-state index in [0.29, 0.717) is 64.9 Å². The average molecular weight is 517 g/mol. The minimum atomic E-state index is -0.867. The molecule has 2 N–H and O–H groups in total.